The lowest BCUT2D eigenvalue weighted by atomic mass is 10.1. The van der Waals surface area contributed by atoms with Gasteiger partial charge >= 0.3 is 0 Å². The Morgan fingerprint density at radius 2 is 1.77 bits per heavy atom. The van der Waals surface area contributed by atoms with Crippen LogP contribution in [0.2, 0.25) is 0 Å². The highest BCUT2D eigenvalue weighted by Crippen LogP contribution is 2.19. The standard InChI is InChI=1S/C20H20N2O4/c1-14(15-9-11-21-12-10-15)22-20(23)19-8-7-18(26-19)13-25-17-5-3-16(24-2)4-6-17/h3-12,14H,13H2,1-2H3,(H,22,23). The molecule has 3 rings (SSSR count). The van der Waals surface area contributed by atoms with Crippen LogP contribution in [0, 0.1) is 0 Å². The summed E-state index contributed by atoms with van der Waals surface area (Å²) in [5.74, 6) is 2.00. The Balaban J connectivity index is 1.55. The molecule has 134 valence electrons. The number of ether oxygens (including phenoxy) is 2. The van der Waals surface area contributed by atoms with Gasteiger partial charge in [-0.25, -0.2) is 0 Å². The number of furan rings is 1. The normalized spacial score (nSPS) is 11.6. The van der Waals surface area contributed by atoms with Crippen molar-refractivity contribution in [1.29, 1.82) is 0 Å². The first-order chi connectivity index (χ1) is 12.7. The zero-order chi connectivity index (χ0) is 18.4. The van der Waals surface area contributed by atoms with Gasteiger partial charge in [-0.05, 0) is 61.0 Å². The molecule has 0 radical (unpaired) electrons. The van der Waals surface area contributed by atoms with Gasteiger partial charge in [0.2, 0.25) is 0 Å². The average Bonchev–Trinajstić information content (AvgIpc) is 3.16. The highest BCUT2D eigenvalue weighted by atomic mass is 16.5. The van der Waals surface area contributed by atoms with Crippen molar-refractivity contribution >= 4 is 5.91 Å². The maximum absolute atomic E-state index is 12.3. The third kappa shape index (κ3) is 4.42. The predicted molar refractivity (Wildman–Crippen MR) is 96.2 cm³/mol. The Kier molecular flexibility index (Phi) is 5.53. The molecule has 0 spiro atoms. The molecule has 6 heteroatoms. The second-order valence-electron chi connectivity index (χ2n) is 5.71. The zero-order valence-corrected chi connectivity index (χ0v) is 14.6. The van der Waals surface area contributed by atoms with Crippen LogP contribution >= 0.6 is 0 Å². The summed E-state index contributed by atoms with van der Waals surface area (Å²) in [6.07, 6.45) is 3.39. The van der Waals surface area contributed by atoms with E-state index in [1.807, 2.05) is 43.3 Å². The van der Waals surface area contributed by atoms with E-state index < -0.39 is 0 Å². The minimum atomic E-state index is -0.273. The van der Waals surface area contributed by atoms with Gasteiger partial charge in [-0.2, -0.15) is 0 Å². The molecule has 0 saturated heterocycles. The van der Waals surface area contributed by atoms with Crippen molar-refractivity contribution < 1.29 is 18.7 Å². The Hall–Kier alpha value is -3.28. The number of aromatic nitrogens is 1. The van der Waals surface area contributed by atoms with Crippen LogP contribution in [0.25, 0.3) is 0 Å². The first-order valence-electron chi connectivity index (χ1n) is 8.22. The quantitative estimate of drug-likeness (QED) is 0.701. The number of nitrogens with one attached hydrogen (secondary N) is 1. The number of carbonyl (C=O) groups is 1. The molecule has 1 amide bonds. The van der Waals surface area contributed by atoms with Gasteiger partial charge in [0.25, 0.3) is 5.91 Å². The van der Waals surface area contributed by atoms with Crippen molar-refractivity contribution in [2.45, 2.75) is 19.6 Å². The molecule has 0 aliphatic carbocycles. The fourth-order valence-electron chi connectivity index (χ4n) is 2.41. The van der Waals surface area contributed by atoms with Gasteiger partial charge in [0.05, 0.1) is 13.2 Å². The van der Waals surface area contributed by atoms with Gasteiger partial charge in [-0.15, -0.1) is 0 Å². The number of rotatable bonds is 7. The van der Waals surface area contributed by atoms with Gasteiger partial charge in [0.1, 0.15) is 23.9 Å². The smallest absolute Gasteiger partial charge is 0.287 e. The largest absolute Gasteiger partial charge is 0.497 e. The van der Waals surface area contributed by atoms with E-state index in [-0.39, 0.29) is 24.3 Å². The number of hydrogen-bond acceptors (Lipinski definition) is 5. The van der Waals surface area contributed by atoms with Crippen LogP contribution in [0.4, 0.5) is 0 Å². The van der Waals surface area contributed by atoms with Crippen LogP contribution in [0.1, 0.15) is 34.8 Å². The molecule has 1 unspecified atom stereocenters. The highest BCUT2D eigenvalue weighted by Gasteiger charge is 2.15. The van der Waals surface area contributed by atoms with Crippen LogP contribution in [0.5, 0.6) is 11.5 Å². The van der Waals surface area contributed by atoms with E-state index in [1.54, 1.807) is 31.6 Å². The number of methoxy groups -OCH3 is 1. The summed E-state index contributed by atoms with van der Waals surface area (Å²) in [6.45, 7) is 2.14. The van der Waals surface area contributed by atoms with E-state index in [9.17, 15) is 4.79 Å². The van der Waals surface area contributed by atoms with E-state index in [1.165, 1.54) is 0 Å². The van der Waals surface area contributed by atoms with Crippen LogP contribution < -0.4 is 14.8 Å². The summed E-state index contributed by atoms with van der Waals surface area (Å²) in [6, 6.07) is 14.2. The van der Waals surface area contributed by atoms with Gasteiger partial charge in [0.15, 0.2) is 5.76 Å². The van der Waals surface area contributed by atoms with Crippen molar-refractivity contribution in [1.82, 2.24) is 10.3 Å². The van der Waals surface area contributed by atoms with Crippen molar-refractivity contribution in [2.75, 3.05) is 7.11 Å². The lowest BCUT2D eigenvalue weighted by molar-refractivity contribution is 0.0907. The van der Waals surface area contributed by atoms with Gasteiger partial charge in [-0.3, -0.25) is 9.78 Å². The minimum absolute atomic E-state index is 0.144. The molecule has 2 aromatic heterocycles. The molecule has 1 N–H and O–H groups in total. The Morgan fingerprint density at radius 3 is 2.46 bits per heavy atom. The van der Waals surface area contributed by atoms with Crippen LogP contribution in [-0.2, 0) is 6.61 Å². The number of carbonyl (C=O) groups excluding carboxylic acids is 1. The number of amides is 1. The third-order valence-corrected chi connectivity index (χ3v) is 3.88. The summed E-state index contributed by atoms with van der Waals surface area (Å²) < 4.78 is 16.3. The molecule has 0 fully saturated rings. The second kappa shape index (κ2) is 8.20. The van der Waals surface area contributed by atoms with Crippen LogP contribution in [0.15, 0.2) is 65.3 Å². The molecular weight excluding hydrogens is 332 g/mol. The van der Waals surface area contributed by atoms with Crippen molar-refractivity contribution in [3.05, 3.63) is 78.0 Å². The van der Waals surface area contributed by atoms with E-state index in [2.05, 4.69) is 10.3 Å². The van der Waals surface area contributed by atoms with Gasteiger partial charge < -0.3 is 19.2 Å². The zero-order valence-electron chi connectivity index (χ0n) is 14.6. The van der Waals surface area contributed by atoms with E-state index in [4.69, 9.17) is 13.9 Å². The molecule has 1 aromatic carbocycles. The summed E-state index contributed by atoms with van der Waals surface area (Å²) in [4.78, 5) is 16.3. The Morgan fingerprint density at radius 1 is 1.08 bits per heavy atom. The Labute approximate surface area is 151 Å². The topological polar surface area (TPSA) is 73.6 Å². The molecule has 2 heterocycles. The molecule has 0 saturated carbocycles. The lowest BCUT2D eigenvalue weighted by Crippen LogP contribution is -2.26. The van der Waals surface area contributed by atoms with Gasteiger partial charge in [-0.1, -0.05) is 0 Å². The summed E-state index contributed by atoms with van der Waals surface area (Å²) in [5, 5.41) is 2.90. The monoisotopic (exact) mass is 352 g/mol. The summed E-state index contributed by atoms with van der Waals surface area (Å²) in [7, 11) is 1.61. The Bertz CT molecular complexity index is 844. The van der Waals surface area contributed by atoms with Crippen molar-refractivity contribution in [3.8, 4) is 11.5 Å². The highest BCUT2D eigenvalue weighted by molar-refractivity contribution is 5.91. The molecule has 6 nitrogen and oxygen atoms in total. The van der Waals surface area contributed by atoms with Crippen LogP contribution in [0.3, 0.4) is 0 Å². The summed E-state index contributed by atoms with van der Waals surface area (Å²) in [5.41, 5.74) is 0.975. The predicted octanol–water partition coefficient (Wildman–Crippen LogP) is 3.75. The first kappa shape index (κ1) is 17.5. The molecule has 0 aliphatic heterocycles. The molecule has 3 aromatic rings. The van der Waals surface area contributed by atoms with Gasteiger partial charge in [0, 0.05) is 12.4 Å². The maximum atomic E-state index is 12.3. The van der Waals surface area contributed by atoms with Crippen molar-refractivity contribution in [3.63, 3.8) is 0 Å². The molecule has 1 atom stereocenters. The van der Waals surface area contributed by atoms with Crippen LogP contribution in [-0.4, -0.2) is 18.0 Å². The number of nitrogens with zero attached hydrogens (tertiary/aromatic N) is 1. The van der Waals surface area contributed by atoms with E-state index in [0.717, 1.165) is 11.3 Å². The number of pyridine rings is 1. The average molecular weight is 352 g/mol. The molecule has 0 aliphatic rings. The number of hydrogen-bond donors (Lipinski definition) is 1. The van der Waals surface area contributed by atoms with E-state index in [0.29, 0.717) is 11.5 Å². The maximum Gasteiger partial charge on any atom is 0.287 e. The second-order valence-corrected chi connectivity index (χ2v) is 5.71. The first-order valence-corrected chi connectivity index (χ1v) is 8.22. The fourth-order valence-corrected chi connectivity index (χ4v) is 2.41. The fraction of sp³-hybridized carbons (Fsp3) is 0.200. The molecular formula is C20H20N2O4. The minimum Gasteiger partial charge on any atom is -0.497 e. The summed E-state index contributed by atoms with van der Waals surface area (Å²) >= 11 is 0. The molecule has 0 bridgehead atoms. The van der Waals surface area contributed by atoms with E-state index >= 15 is 0 Å². The number of benzene rings is 1. The third-order valence-electron chi connectivity index (χ3n) is 3.88. The SMILES string of the molecule is COc1ccc(OCc2ccc(C(=O)NC(C)c3ccncc3)o2)cc1. The molecule has 26 heavy (non-hydrogen) atoms. The lowest BCUT2D eigenvalue weighted by Gasteiger charge is -2.12. The van der Waals surface area contributed by atoms with Crippen molar-refractivity contribution in [2.24, 2.45) is 0 Å².